The van der Waals surface area contributed by atoms with E-state index in [0.29, 0.717) is 5.56 Å². The second-order valence-electron chi connectivity index (χ2n) is 2.71. The third kappa shape index (κ3) is 2.64. The average molecular weight is 321 g/mol. The molecule has 8 heteroatoms. The Labute approximate surface area is 98.0 Å². The van der Waals surface area contributed by atoms with Crippen LogP contribution in [0.5, 0.6) is 0 Å². The molecule has 0 fully saturated rings. The Bertz CT molecular complexity index is 492. The van der Waals surface area contributed by atoms with Crippen LogP contribution in [0.2, 0.25) is 0 Å². The molecular formula is C7H5BrClF2NO2S. The summed E-state index contributed by atoms with van der Waals surface area (Å²) < 4.78 is 47.1. The largest absolute Gasteiger partial charge is 0.281 e. The molecule has 1 aromatic heterocycles. The van der Waals surface area contributed by atoms with E-state index in [2.05, 4.69) is 20.9 Å². The molecule has 0 spiro atoms. The smallest absolute Gasteiger partial charge is 0.253 e. The molecular weight excluding hydrogens is 316 g/mol. The molecule has 0 aliphatic heterocycles. The number of halogens is 4. The van der Waals surface area contributed by atoms with Gasteiger partial charge in [-0.2, -0.15) is 0 Å². The Morgan fingerprint density at radius 3 is 2.47 bits per heavy atom. The van der Waals surface area contributed by atoms with Gasteiger partial charge >= 0.3 is 0 Å². The minimum atomic E-state index is -4.25. The highest BCUT2D eigenvalue weighted by atomic mass is 79.9. The van der Waals surface area contributed by atoms with E-state index in [0.717, 1.165) is 6.20 Å². The first kappa shape index (κ1) is 12.8. The van der Waals surface area contributed by atoms with Crippen LogP contribution in [0.3, 0.4) is 0 Å². The number of alkyl halides is 2. The molecule has 1 heterocycles. The van der Waals surface area contributed by atoms with Gasteiger partial charge in [0.05, 0.1) is 0 Å². The van der Waals surface area contributed by atoms with Gasteiger partial charge < -0.3 is 0 Å². The number of hydrogen-bond donors (Lipinski definition) is 0. The van der Waals surface area contributed by atoms with Crippen molar-refractivity contribution in [3.8, 4) is 0 Å². The number of aryl methyl sites for hydroxylation is 1. The van der Waals surface area contributed by atoms with Crippen LogP contribution in [0.1, 0.15) is 17.7 Å². The lowest BCUT2D eigenvalue weighted by Crippen LogP contribution is -2.04. The summed E-state index contributed by atoms with van der Waals surface area (Å²) in [7, 11) is 0.805. The molecule has 3 nitrogen and oxygen atoms in total. The van der Waals surface area contributed by atoms with E-state index in [-0.39, 0.29) is 4.47 Å². The van der Waals surface area contributed by atoms with Crippen molar-refractivity contribution >= 4 is 35.7 Å². The first-order valence-electron chi connectivity index (χ1n) is 3.63. The number of rotatable bonds is 2. The molecule has 0 saturated heterocycles. The molecule has 0 unspecified atom stereocenters. The third-order valence-electron chi connectivity index (χ3n) is 1.63. The van der Waals surface area contributed by atoms with E-state index in [9.17, 15) is 17.2 Å². The number of aromatic nitrogens is 1. The molecule has 0 aromatic carbocycles. The minimum absolute atomic E-state index is 0.0165. The first-order valence-corrected chi connectivity index (χ1v) is 6.73. The van der Waals surface area contributed by atoms with Crippen LogP contribution in [0.25, 0.3) is 0 Å². The zero-order chi connectivity index (χ0) is 11.8. The van der Waals surface area contributed by atoms with Gasteiger partial charge in [0, 0.05) is 21.4 Å². The van der Waals surface area contributed by atoms with E-state index >= 15 is 0 Å². The molecule has 0 atom stereocenters. The summed E-state index contributed by atoms with van der Waals surface area (Å²) in [5, 5.41) is 0. The van der Waals surface area contributed by atoms with E-state index in [4.69, 9.17) is 10.7 Å². The van der Waals surface area contributed by atoms with E-state index in [1.807, 2.05) is 0 Å². The SMILES string of the molecule is Cc1cnc(C(F)F)c(S(=O)(=O)Cl)c1Br. The van der Waals surface area contributed by atoms with E-state index in [1.54, 1.807) is 0 Å². The number of hydrogen-bond acceptors (Lipinski definition) is 3. The fraction of sp³-hybridized carbons (Fsp3) is 0.286. The van der Waals surface area contributed by atoms with Crippen molar-refractivity contribution in [3.63, 3.8) is 0 Å². The molecule has 84 valence electrons. The molecule has 1 aromatic rings. The van der Waals surface area contributed by atoms with Crippen molar-refractivity contribution in [3.05, 3.63) is 21.9 Å². The van der Waals surface area contributed by atoms with Crippen molar-refractivity contribution in [1.82, 2.24) is 4.98 Å². The number of nitrogens with zero attached hydrogens (tertiary/aromatic N) is 1. The topological polar surface area (TPSA) is 47.0 Å². The zero-order valence-electron chi connectivity index (χ0n) is 7.34. The normalized spacial score (nSPS) is 12.1. The Kier molecular flexibility index (Phi) is 3.67. The quantitative estimate of drug-likeness (QED) is 0.787. The highest BCUT2D eigenvalue weighted by molar-refractivity contribution is 9.10. The lowest BCUT2D eigenvalue weighted by molar-refractivity contribution is 0.142. The molecule has 1 rings (SSSR count). The molecule has 0 N–H and O–H groups in total. The van der Waals surface area contributed by atoms with Crippen molar-refractivity contribution in [1.29, 1.82) is 0 Å². The minimum Gasteiger partial charge on any atom is -0.253 e. The van der Waals surface area contributed by atoms with Crippen LogP contribution in [-0.4, -0.2) is 13.4 Å². The van der Waals surface area contributed by atoms with Gasteiger partial charge in [0.25, 0.3) is 15.5 Å². The maximum absolute atomic E-state index is 12.5. The predicted octanol–water partition coefficient (Wildman–Crippen LogP) is 3.02. The molecule has 0 aliphatic rings. The molecule has 0 aliphatic carbocycles. The van der Waals surface area contributed by atoms with Gasteiger partial charge in [0.2, 0.25) is 0 Å². The number of pyridine rings is 1. The van der Waals surface area contributed by atoms with Crippen LogP contribution in [0.4, 0.5) is 8.78 Å². The van der Waals surface area contributed by atoms with Gasteiger partial charge in [-0.1, -0.05) is 0 Å². The summed E-state index contributed by atoms with van der Waals surface area (Å²) in [6.45, 7) is 1.53. The van der Waals surface area contributed by atoms with Crippen LogP contribution in [-0.2, 0) is 9.05 Å². The van der Waals surface area contributed by atoms with Gasteiger partial charge in [-0.3, -0.25) is 4.98 Å². The van der Waals surface area contributed by atoms with Crippen molar-refractivity contribution < 1.29 is 17.2 Å². The van der Waals surface area contributed by atoms with Gasteiger partial charge in [-0.25, -0.2) is 17.2 Å². The third-order valence-corrected chi connectivity index (χ3v) is 4.27. The second-order valence-corrected chi connectivity index (χ2v) is 6.00. The summed E-state index contributed by atoms with van der Waals surface area (Å²) in [6.07, 6.45) is -1.85. The first-order chi connectivity index (χ1) is 6.75. The predicted molar refractivity (Wildman–Crippen MR) is 54.7 cm³/mol. The Balaban J connectivity index is 3.65. The Morgan fingerprint density at radius 2 is 2.07 bits per heavy atom. The highest BCUT2D eigenvalue weighted by Crippen LogP contribution is 2.34. The molecule has 0 amide bonds. The van der Waals surface area contributed by atoms with E-state index in [1.165, 1.54) is 6.92 Å². The van der Waals surface area contributed by atoms with Gasteiger partial charge in [-0.05, 0) is 28.4 Å². The summed E-state index contributed by atoms with van der Waals surface area (Å²) in [4.78, 5) is 2.69. The molecule has 15 heavy (non-hydrogen) atoms. The fourth-order valence-corrected chi connectivity index (χ4v) is 3.42. The van der Waals surface area contributed by atoms with Crippen LogP contribution in [0.15, 0.2) is 15.6 Å². The van der Waals surface area contributed by atoms with Gasteiger partial charge in [-0.15, -0.1) is 0 Å². The maximum Gasteiger partial charge on any atom is 0.281 e. The Hall–Kier alpha value is -0.270. The zero-order valence-corrected chi connectivity index (χ0v) is 10.5. The van der Waals surface area contributed by atoms with Gasteiger partial charge in [0.15, 0.2) is 0 Å². The van der Waals surface area contributed by atoms with Crippen LogP contribution >= 0.6 is 26.6 Å². The Morgan fingerprint density at radius 1 is 1.53 bits per heavy atom. The standard InChI is InChI=1S/C7H5BrClF2NO2S/c1-3-2-12-5(7(10)11)6(4(3)8)15(9,13)14/h2,7H,1H3. The molecule has 0 bridgehead atoms. The van der Waals surface area contributed by atoms with Crippen LogP contribution in [0, 0.1) is 6.92 Å². The fourth-order valence-electron chi connectivity index (χ4n) is 0.961. The summed E-state index contributed by atoms with van der Waals surface area (Å²) in [5.41, 5.74) is -0.430. The van der Waals surface area contributed by atoms with E-state index < -0.39 is 26.1 Å². The summed E-state index contributed by atoms with van der Waals surface area (Å²) >= 11 is 2.90. The second kappa shape index (κ2) is 4.31. The summed E-state index contributed by atoms with van der Waals surface area (Å²) in [6, 6.07) is 0. The maximum atomic E-state index is 12.5. The van der Waals surface area contributed by atoms with Crippen LogP contribution < -0.4 is 0 Å². The highest BCUT2D eigenvalue weighted by Gasteiger charge is 2.27. The monoisotopic (exact) mass is 319 g/mol. The van der Waals surface area contributed by atoms with Crippen molar-refractivity contribution in [2.45, 2.75) is 18.2 Å². The molecule has 0 saturated carbocycles. The van der Waals surface area contributed by atoms with Gasteiger partial charge in [0.1, 0.15) is 10.6 Å². The molecule has 0 radical (unpaired) electrons. The lowest BCUT2D eigenvalue weighted by Gasteiger charge is -2.08. The lowest BCUT2D eigenvalue weighted by atomic mass is 10.3. The average Bonchev–Trinajstić information content (AvgIpc) is 2.06. The summed E-state index contributed by atoms with van der Waals surface area (Å²) in [5.74, 6) is 0. The van der Waals surface area contributed by atoms with Crippen molar-refractivity contribution in [2.75, 3.05) is 0 Å². The van der Waals surface area contributed by atoms with Crippen molar-refractivity contribution in [2.24, 2.45) is 0 Å².